The Morgan fingerprint density at radius 3 is 2.38 bits per heavy atom. The number of rotatable bonds is 8. The first-order valence-electron chi connectivity index (χ1n) is 9.40. The molecule has 0 bridgehead atoms. The minimum atomic E-state index is 0.161. The standard InChI is InChI=1S/C20H31NO3/c1-3-23-18-13-11-16(15-19(18)24-4-2)12-14-20(22)21-17-9-7-5-6-8-10-17/h11,13,15,17H,3-10,12,14H2,1-2H3,(H,21,22). The first-order valence-corrected chi connectivity index (χ1v) is 9.40. The van der Waals surface area contributed by atoms with Gasteiger partial charge in [-0.15, -0.1) is 0 Å². The molecule has 1 amide bonds. The minimum Gasteiger partial charge on any atom is -0.490 e. The normalized spacial score (nSPS) is 15.6. The zero-order valence-electron chi connectivity index (χ0n) is 15.1. The lowest BCUT2D eigenvalue weighted by atomic mass is 10.1. The molecule has 1 fully saturated rings. The van der Waals surface area contributed by atoms with E-state index in [1.165, 1.54) is 25.7 Å². The summed E-state index contributed by atoms with van der Waals surface area (Å²) in [5.74, 6) is 1.70. The number of nitrogens with one attached hydrogen (secondary N) is 1. The average Bonchev–Trinajstić information content (AvgIpc) is 2.84. The summed E-state index contributed by atoms with van der Waals surface area (Å²) >= 11 is 0. The van der Waals surface area contributed by atoms with Crippen LogP contribution in [-0.4, -0.2) is 25.2 Å². The van der Waals surface area contributed by atoms with E-state index in [1.54, 1.807) is 0 Å². The molecule has 0 saturated heterocycles. The van der Waals surface area contributed by atoms with E-state index >= 15 is 0 Å². The fourth-order valence-corrected chi connectivity index (χ4v) is 3.23. The van der Waals surface area contributed by atoms with Crippen molar-refractivity contribution < 1.29 is 14.3 Å². The Bertz CT molecular complexity index is 508. The van der Waals surface area contributed by atoms with Crippen LogP contribution < -0.4 is 14.8 Å². The number of hydrogen-bond acceptors (Lipinski definition) is 3. The zero-order valence-corrected chi connectivity index (χ0v) is 15.1. The summed E-state index contributed by atoms with van der Waals surface area (Å²) in [5, 5.41) is 3.21. The van der Waals surface area contributed by atoms with Gasteiger partial charge < -0.3 is 14.8 Å². The minimum absolute atomic E-state index is 0.161. The highest BCUT2D eigenvalue weighted by Crippen LogP contribution is 2.29. The third-order valence-electron chi connectivity index (χ3n) is 4.47. The van der Waals surface area contributed by atoms with Gasteiger partial charge in [0.1, 0.15) is 0 Å². The first kappa shape index (κ1) is 18.6. The van der Waals surface area contributed by atoms with E-state index in [4.69, 9.17) is 9.47 Å². The monoisotopic (exact) mass is 333 g/mol. The number of hydrogen-bond donors (Lipinski definition) is 1. The van der Waals surface area contributed by atoms with Gasteiger partial charge in [-0.25, -0.2) is 0 Å². The molecule has 0 atom stereocenters. The topological polar surface area (TPSA) is 47.6 Å². The molecule has 4 nitrogen and oxygen atoms in total. The Kier molecular flexibility index (Phi) is 7.93. The molecule has 24 heavy (non-hydrogen) atoms. The maximum Gasteiger partial charge on any atom is 0.220 e. The molecular weight excluding hydrogens is 302 g/mol. The van der Waals surface area contributed by atoms with Crippen LogP contribution in [0.4, 0.5) is 0 Å². The van der Waals surface area contributed by atoms with E-state index in [9.17, 15) is 4.79 Å². The van der Waals surface area contributed by atoms with Crippen molar-refractivity contribution >= 4 is 5.91 Å². The highest BCUT2D eigenvalue weighted by molar-refractivity contribution is 5.76. The SMILES string of the molecule is CCOc1ccc(CCC(=O)NC2CCCCCC2)cc1OCC. The summed E-state index contributed by atoms with van der Waals surface area (Å²) in [6.45, 7) is 5.14. The molecule has 2 rings (SSSR count). The zero-order chi connectivity index (χ0) is 17.2. The summed E-state index contributed by atoms with van der Waals surface area (Å²) in [6.07, 6.45) is 8.59. The summed E-state index contributed by atoms with van der Waals surface area (Å²) in [6, 6.07) is 6.33. The highest BCUT2D eigenvalue weighted by Gasteiger charge is 2.15. The van der Waals surface area contributed by atoms with Crippen LogP contribution in [0.2, 0.25) is 0 Å². The van der Waals surface area contributed by atoms with Crippen LogP contribution in [0.3, 0.4) is 0 Å². The smallest absolute Gasteiger partial charge is 0.220 e. The second-order valence-electron chi connectivity index (χ2n) is 6.40. The van der Waals surface area contributed by atoms with Crippen LogP contribution >= 0.6 is 0 Å². The maximum absolute atomic E-state index is 12.2. The fraction of sp³-hybridized carbons (Fsp3) is 0.650. The molecule has 4 heteroatoms. The number of aryl methyl sites for hydroxylation is 1. The lowest BCUT2D eigenvalue weighted by molar-refractivity contribution is -0.121. The molecule has 134 valence electrons. The third-order valence-corrected chi connectivity index (χ3v) is 4.47. The number of ether oxygens (including phenoxy) is 2. The fourth-order valence-electron chi connectivity index (χ4n) is 3.23. The van der Waals surface area contributed by atoms with Crippen molar-refractivity contribution in [3.63, 3.8) is 0 Å². The van der Waals surface area contributed by atoms with Gasteiger partial charge in [0.15, 0.2) is 11.5 Å². The number of carbonyl (C=O) groups excluding carboxylic acids is 1. The molecular formula is C20H31NO3. The van der Waals surface area contributed by atoms with E-state index < -0.39 is 0 Å². The Balaban J connectivity index is 1.86. The molecule has 0 radical (unpaired) electrons. The Hall–Kier alpha value is -1.71. The van der Waals surface area contributed by atoms with Crippen molar-refractivity contribution in [1.29, 1.82) is 0 Å². The number of benzene rings is 1. The molecule has 0 spiro atoms. The first-order chi connectivity index (χ1) is 11.7. The van der Waals surface area contributed by atoms with E-state index in [1.807, 2.05) is 32.0 Å². The largest absolute Gasteiger partial charge is 0.490 e. The van der Waals surface area contributed by atoms with Gasteiger partial charge in [-0.2, -0.15) is 0 Å². The Morgan fingerprint density at radius 1 is 1.04 bits per heavy atom. The van der Waals surface area contributed by atoms with Gasteiger partial charge >= 0.3 is 0 Å². The van der Waals surface area contributed by atoms with Crippen molar-refractivity contribution in [3.8, 4) is 11.5 Å². The van der Waals surface area contributed by atoms with Crippen molar-refractivity contribution in [3.05, 3.63) is 23.8 Å². The van der Waals surface area contributed by atoms with E-state index in [-0.39, 0.29) is 5.91 Å². The molecule has 1 aromatic carbocycles. The van der Waals surface area contributed by atoms with Gasteiger partial charge in [-0.3, -0.25) is 4.79 Å². The van der Waals surface area contributed by atoms with Gasteiger partial charge in [0.05, 0.1) is 13.2 Å². The summed E-state index contributed by atoms with van der Waals surface area (Å²) in [5.41, 5.74) is 1.11. The van der Waals surface area contributed by atoms with Gasteiger partial charge in [-0.1, -0.05) is 31.7 Å². The molecule has 1 aliphatic carbocycles. The van der Waals surface area contributed by atoms with E-state index in [2.05, 4.69) is 5.32 Å². The van der Waals surface area contributed by atoms with Crippen LogP contribution in [0, 0.1) is 0 Å². The maximum atomic E-state index is 12.2. The molecule has 0 unspecified atom stereocenters. The third kappa shape index (κ3) is 6.06. The summed E-state index contributed by atoms with van der Waals surface area (Å²) in [7, 11) is 0. The predicted molar refractivity (Wildman–Crippen MR) is 96.7 cm³/mol. The van der Waals surface area contributed by atoms with E-state index in [0.29, 0.717) is 25.7 Å². The van der Waals surface area contributed by atoms with Gasteiger partial charge in [0.2, 0.25) is 5.91 Å². The van der Waals surface area contributed by atoms with Gasteiger partial charge in [-0.05, 0) is 50.8 Å². The molecule has 1 aliphatic rings. The van der Waals surface area contributed by atoms with Crippen LogP contribution in [0.5, 0.6) is 11.5 Å². The van der Waals surface area contributed by atoms with Crippen LogP contribution in [-0.2, 0) is 11.2 Å². The number of amides is 1. The van der Waals surface area contributed by atoms with E-state index in [0.717, 1.165) is 36.3 Å². The van der Waals surface area contributed by atoms with Crippen LogP contribution in [0.15, 0.2) is 18.2 Å². The molecule has 1 aromatic rings. The molecule has 0 aliphatic heterocycles. The lowest BCUT2D eigenvalue weighted by Crippen LogP contribution is -2.34. The Labute approximate surface area is 145 Å². The molecule has 0 heterocycles. The molecule has 1 saturated carbocycles. The van der Waals surface area contributed by atoms with Crippen LogP contribution in [0.25, 0.3) is 0 Å². The van der Waals surface area contributed by atoms with Crippen LogP contribution in [0.1, 0.15) is 64.4 Å². The van der Waals surface area contributed by atoms with Crippen molar-refractivity contribution in [2.24, 2.45) is 0 Å². The highest BCUT2D eigenvalue weighted by atomic mass is 16.5. The van der Waals surface area contributed by atoms with Crippen molar-refractivity contribution in [1.82, 2.24) is 5.32 Å². The quantitative estimate of drug-likeness (QED) is 0.723. The molecule has 1 N–H and O–H groups in total. The van der Waals surface area contributed by atoms with Crippen molar-refractivity contribution in [2.75, 3.05) is 13.2 Å². The summed E-state index contributed by atoms with van der Waals surface area (Å²) in [4.78, 5) is 12.2. The average molecular weight is 333 g/mol. The van der Waals surface area contributed by atoms with Gasteiger partial charge in [0, 0.05) is 12.5 Å². The number of carbonyl (C=O) groups is 1. The summed E-state index contributed by atoms with van der Waals surface area (Å²) < 4.78 is 11.2. The predicted octanol–water partition coefficient (Wildman–Crippen LogP) is 4.26. The molecule has 0 aromatic heterocycles. The second kappa shape index (κ2) is 10.2. The second-order valence-corrected chi connectivity index (χ2v) is 6.40. The lowest BCUT2D eigenvalue weighted by Gasteiger charge is -2.16. The Morgan fingerprint density at radius 2 is 1.71 bits per heavy atom. The van der Waals surface area contributed by atoms with Crippen molar-refractivity contribution in [2.45, 2.75) is 71.3 Å². The van der Waals surface area contributed by atoms with Gasteiger partial charge in [0.25, 0.3) is 0 Å².